The fraction of sp³-hybridized carbons (Fsp3) is 0.364. The van der Waals surface area contributed by atoms with Gasteiger partial charge in [0, 0.05) is 38.8 Å². The topological polar surface area (TPSA) is 127 Å². The summed E-state index contributed by atoms with van der Waals surface area (Å²) in [6.45, 7) is 5.83. The van der Waals surface area contributed by atoms with E-state index in [9.17, 15) is 9.59 Å². The molecule has 3 aromatic carbocycles. The molecule has 2 heterocycles. The van der Waals surface area contributed by atoms with E-state index in [0.29, 0.717) is 48.1 Å². The number of imide groups is 1. The molecule has 3 aromatic rings. The summed E-state index contributed by atoms with van der Waals surface area (Å²) < 4.78 is 11.0. The Morgan fingerprint density at radius 3 is 2.26 bits per heavy atom. The zero-order chi connectivity index (χ0) is 30.5. The van der Waals surface area contributed by atoms with Crippen molar-refractivity contribution in [3.05, 3.63) is 89.0 Å². The molecule has 10 heteroatoms. The van der Waals surface area contributed by atoms with E-state index in [1.165, 1.54) is 10.5 Å². The van der Waals surface area contributed by atoms with Crippen molar-refractivity contribution in [3.63, 3.8) is 0 Å². The van der Waals surface area contributed by atoms with Gasteiger partial charge in [-0.05, 0) is 55.2 Å². The van der Waals surface area contributed by atoms with Gasteiger partial charge in [-0.15, -0.1) is 0 Å². The van der Waals surface area contributed by atoms with Crippen LogP contribution in [0.2, 0.25) is 0 Å². The minimum Gasteiger partial charge on any atom is -0.493 e. The summed E-state index contributed by atoms with van der Waals surface area (Å²) in [5.41, 5.74) is 14.8. The third-order valence-electron chi connectivity index (χ3n) is 8.44. The Labute approximate surface area is 252 Å². The molecule has 2 amide bonds. The third-order valence-corrected chi connectivity index (χ3v) is 8.44. The number of methoxy groups -OCH3 is 2. The lowest BCUT2D eigenvalue weighted by atomic mass is 9.99. The van der Waals surface area contributed by atoms with Crippen LogP contribution in [0, 0.1) is 0 Å². The number of fused-ring (bicyclic) bond motifs is 1. The minimum atomic E-state index is -0.544. The number of hydrogen-bond donors (Lipinski definition) is 2. The standard InChI is InChI=1S/C33H40N6O4/c1-22(23-9-5-4-6-10-23)37-17-19-38(20-18-37)27-12-7-11-25-30(27)32(41)39(31(25)40)26(13-8-16-36-33(34)35)24-14-15-28(42-2)29(21-24)43-3/h4-7,9-12,14-15,21-22,26H,8,13,16-20H2,1-3H3,(H4,34,35,36)/t22?,26-/m1/s1. The number of guanidine groups is 1. The van der Waals surface area contributed by atoms with Crippen molar-refractivity contribution in [1.29, 1.82) is 0 Å². The van der Waals surface area contributed by atoms with Gasteiger partial charge in [-0.25, -0.2) is 0 Å². The number of anilines is 1. The van der Waals surface area contributed by atoms with E-state index in [0.717, 1.165) is 37.4 Å². The maximum Gasteiger partial charge on any atom is 0.264 e. The van der Waals surface area contributed by atoms with Crippen molar-refractivity contribution in [2.24, 2.45) is 16.5 Å². The van der Waals surface area contributed by atoms with Crippen molar-refractivity contribution in [2.75, 3.05) is 51.8 Å². The molecule has 0 bridgehead atoms. The van der Waals surface area contributed by atoms with E-state index in [2.05, 4.69) is 46.0 Å². The molecule has 4 N–H and O–H groups in total. The summed E-state index contributed by atoms with van der Waals surface area (Å²) in [7, 11) is 3.13. The number of piperazine rings is 1. The normalized spacial score (nSPS) is 16.5. The average Bonchev–Trinajstić information content (AvgIpc) is 3.30. The van der Waals surface area contributed by atoms with Gasteiger partial charge in [-0.3, -0.25) is 24.4 Å². The van der Waals surface area contributed by atoms with Crippen LogP contribution >= 0.6 is 0 Å². The Morgan fingerprint density at radius 1 is 0.860 bits per heavy atom. The first-order valence-electron chi connectivity index (χ1n) is 14.7. The van der Waals surface area contributed by atoms with E-state index in [1.54, 1.807) is 26.4 Å². The highest BCUT2D eigenvalue weighted by molar-refractivity contribution is 6.24. The van der Waals surface area contributed by atoms with Crippen LogP contribution in [0.25, 0.3) is 0 Å². The Balaban J connectivity index is 1.41. The quantitative estimate of drug-likeness (QED) is 0.150. The van der Waals surface area contributed by atoms with Crippen molar-refractivity contribution in [3.8, 4) is 11.5 Å². The lowest BCUT2D eigenvalue weighted by Crippen LogP contribution is -2.47. The van der Waals surface area contributed by atoms with Gasteiger partial charge in [-0.1, -0.05) is 42.5 Å². The molecule has 5 rings (SSSR count). The summed E-state index contributed by atoms with van der Waals surface area (Å²) in [5, 5.41) is 0. The molecule has 1 fully saturated rings. The molecule has 2 atom stereocenters. The number of amides is 2. The van der Waals surface area contributed by atoms with Gasteiger partial charge in [-0.2, -0.15) is 0 Å². The summed E-state index contributed by atoms with van der Waals surface area (Å²) in [5.74, 6) is 0.494. The number of benzene rings is 3. The molecule has 1 saturated heterocycles. The average molecular weight is 585 g/mol. The fourth-order valence-corrected chi connectivity index (χ4v) is 6.12. The molecular formula is C33H40N6O4. The summed E-state index contributed by atoms with van der Waals surface area (Å²) in [6, 6.07) is 21.3. The molecule has 0 radical (unpaired) electrons. The lowest BCUT2D eigenvalue weighted by Gasteiger charge is -2.39. The molecule has 10 nitrogen and oxygen atoms in total. The second-order valence-electron chi connectivity index (χ2n) is 10.9. The minimum absolute atomic E-state index is 0.00583. The third kappa shape index (κ3) is 6.15. The second-order valence-corrected chi connectivity index (χ2v) is 10.9. The molecule has 2 aliphatic heterocycles. The van der Waals surface area contributed by atoms with E-state index in [-0.39, 0.29) is 17.8 Å². The Kier molecular flexibility index (Phi) is 9.16. The number of carbonyl (C=O) groups is 2. The zero-order valence-electron chi connectivity index (χ0n) is 25.0. The molecule has 43 heavy (non-hydrogen) atoms. The number of aliphatic imine (C=N–C) groups is 1. The maximum atomic E-state index is 14.2. The number of hydrogen-bond acceptors (Lipinski definition) is 7. The van der Waals surface area contributed by atoms with E-state index >= 15 is 0 Å². The molecular weight excluding hydrogens is 544 g/mol. The van der Waals surface area contributed by atoms with Crippen LogP contribution in [0.4, 0.5) is 5.69 Å². The maximum absolute atomic E-state index is 14.2. The highest BCUT2D eigenvalue weighted by Crippen LogP contribution is 2.40. The number of carbonyl (C=O) groups excluding carboxylic acids is 2. The predicted octanol–water partition coefficient (Wildman–Crippen LogP) is 3.98. The smallest absolute Gasteiger partial charge is 0.264 e. The van der Waals surface area contributed by atoms with Crippen LogP contribution in [0.5, 0.6) is 11.5 Å². The number of nitrogens with zero attached hydrogens (tertiary/aromatic N) is 4. The van der Waals surface area contributed by atoms with E-state index in [1.807, 2.05) is 30.3 Å². The van der Waals surface area contributed by atoms with Gasteiger partial charge in [0.25, 0.3) is 11.8 Å². The van der Waals surface area contributed by atoms with Gasteiger partial charge >= 0.3 is 0 Å². The summed E-state index contributed by atoms with van der Waals surface area (Å²) >= 11 is 0. The zero-order valence-corrected chi connectivity index (χ0v) is 25.0. The van der Waals surface area contributed by atoms with Crippen LogP contribution in [0.3, 0.4) is 0 Å². The summed E-state index contributed by atoms with van der Waals surface area (Å²) in [4.78, 5) is 38.3. The Hall–Kier alpha value is -4.57. The second kappa shape index (κ2) is 13.2. The monoisotopic (exact) mass is 584 g/mol. The Bertz CT molecular complexity index is 1480. The van der Waals surface area contributed by atoms with Crippen LogP contribution in [-0.4, -0.2) is 74.5 Å². The van der Waals surface area contributed by atoms with Crippen molar-refractivity contribution in [2.45, 2.75) is 31.8 Å². The number of rotatable bonds is 11. The SMILES string of the molecule is COc1ccc([C@@H](CCCN=C(N)N)N2C(=O)c3cccc(N4CCN(C(C)c5ccccc5)CC4)c3C2=O)cc1OC. The molecule has 0 aliphatic carbocycles. The fourth-order valence-electron chi connectivity index (χ4n) is 6.12. The van der Waals surface area contributed by atoms with Gasteiger partial charge in [0.2, 0.25) is 0 Å². The molecule has 0 aromatic heterocycles. The lowest BCUT2D eigenvalue weighted by molar-refractivity contribution is 0.0572. The van der Waals surface area contributed by atoms with Gasteiger partial charge in [0.05, 0.1) is 37.1 Å². The van der Waals surface area contributed by atoms with E-state index < -0.39 is 6.04 Å². The highest BCUT2D eigenvalue weighted by Gasteiger charge is 2.43. The van der Waals surface area contributed by atoms with Gasteiger partial charge in [0.1, 0.15) is 0 Å². The predicted molar refractivity (Wildman–Crippen MR) is 168 cm³/mol. The first-order chi connectivity index (χ1) is 20.8. The van der Waals surface area contributed by atoms with Crippen LogP contribution < -0.4 is 25.8 Å². The largest absolute Gasteiger partial charge is 0.493 e. The molecule has 1 unspecified atom stereocenters. The molecule has 226 valence electrons. The molecule has 0 spiro atoms. The van der Waals surface area contributed by atoms with Gasteiger partial charge < -0.3 is 25.8 Å². The van der Waals surface area contributed by atoms with Crippen LogP contribution in [-0.2, 0) is 0 Å². The first-order valence-corrected chi connectivity index (χ1v) is 14.7. The molecule has 2 aliphatic rings. The first kappa shape index (κ1) is 29.9. The van der Waals surface area contributed by atoms with Crippen molar-refractivity contribution >= 4 is 23.5 Å². The summed E-state index contributed by atoms with van der Waals surface area (Å²) in [6.07, 6.45) is 1.04. The highest BCUT2D eigenvalue weighted by atomic mass is 16.5. The van der Waals surface area contributed by atoms with E-state index in [4.69, 9.17) is 20.9 Å². The number of ether oxygens (including phenoxy) is 2. The molecule has 0 saturated carbocycles. The van der Waals surface area contributed by atoms with Crippen LogP contribution in [0.15, 0.2) is 71.7 Å². The van der Waals surface area contributed by atoms with Crippen molar-refractivity contribution < 1.29 is 19.1 Å². The Morgan fingerprint density at radius 2 is 1.58 bits per heavy atom. The van der Waals surface area contributed by atoms with Gasteiger partial charge in [0.15, 0.2) is 17.5 Å². The van der Waals surface area contributed by atoms with Crippen molar-refractivity contribution in [1.82, 2.24) is 9.80 Å². The number of nitrogens with two attached hydrogens (primary N) is 2. The van der Waals surface area contributed by atoms with Crippen LogP contribution in [0.1, 0.15) is 63.7 Å².